The molecule has 7 nitrogen and oxygen atoms in total. The number of methoxy groups -OCH3 is 1. The molecule has 18 heavy (non-hydrogen) atoms. The average molecular weight is 253 g/mol. The van der Waals surface area contributed by atoms with Crippen molar-refractivity contribution in [1.29, 1.82) is 0 Å². The van der Waals surface area contributed by atoms with Gasteiger partial charge in [0.2, 0.25) is 5.75 Å². The molecule has 7 heteroatoms. The first-order chi connectivity index (χ1) is 8.45. The zero-order valence-electron chi connectivity index (χ0n) is 9.58. The van der Waals surface area contributed by atoms with Crippen LogP contribution in [-0.4, -0.2) is 29.7 Å². The van der Waals surface area contributed by atoms with Gasteiger partial charge in [-0.2, -0.15) is 0 Å². The van der Waals surface area contributed by atoms with Crippen LogP contribution in [0.15, 0.2) is 30.4 Å². The van der Waals surface area contributed by atoms with Gasteiger partial charge in [-0.3, -0.25) is 10.1 Å². The van der Waals surface area contributed by atoms with Gasteiger partial charge in [-0.1, -0.05) is 6.58 Å². The van der Waals surface area contributed by atoms with Crippen LogP contribution < -0.4 is 9.47 Å². The summed E-state index contributed by atoms with van der Waals surface area (Å²) in [6.45, 7) is 2.92. The number of benzene rings is 1. The zero-order valence-corrected chi connectivity index (χ0v) is 9.58. The van der Waals surface area contributed by atoms with E-state index in [4.69, 9.17) is 14.6 Å². The first-order valence-electron chi connectivity index (χ1n) is 4.82. The van der Waals surface area contributed by atoms with Gasteiger partial charge in [0.05, 0.1) is 17.6 Å². The van der Waals surface area contributed by atoms with Gasteiger partial charge in [0, 0.05) is 12.1 Å². The van der Waals surface area contributed by atoms with Crippen molar-refractivity contribution in [2.24, 2.45) is 0 Å². The van der Waals surface area contributed by atoms with Gasteiger partial charge < -0.3 is 14.6 Å². The maximum Gasteiger partial charge on any atom is 0.334 e. The number of nitrogens with zero attached hydrogens (tertiary/aromatic N) is 1. The first-order valence-corrected chi connectivity index (χ1v) is 4.82. The van der Waals surface area contributed by atoms with Crippen molar-refractivity contribution < 1.29 is 24.3 Å². The van der Waals surface area contributed by atoms with Crippen molar-refractivity contribution in [3.8, 4) is 11.5 Å². The maximum atomic E-state index is 10.7. The second kappa shape index (κ2) is 5.67. The zero-order chi connectivity index (χ0) is 13.7. The SMILES string of the molecule is C=C(COc1cc(OC)ccc1[N+](=O)[O-])C(=O)O. The first kappa shape index (κ1) is 13.5. The maximum absolute atomic E-state index is 10.7. The number of nitro benzene ring substituents is 1. The second-order valence-corrected chi connectivity index (χ2v) is 3.29. The highest BCUT2D eigenvalue weighted by atomic mass is 16.6. The third-order valence-corrected chi connectivity index (χ3v) is 2.07. The van der Waals surface area contributed by atoms with Crippen molar-refractivity contribution in [3.05, 3.63) is 40.5 Å². The molecule has 1 rings (SSSR count). The summed E-state index contributed by atoms with van der Waals surface area (Å²) in [7, 11) is 1.40. The van der Waals surface area contributed by atoms with Crippen molar-refractivity contribution in [2.45, 2.75) is 0 Å². The van der Waals surface area contributed by atoms with Gasteiger partial charge in [-0.25, -0.2) is 4.79 Å². The van der Waals surface area contributed by atoms with E-state index < -0.39 is 10.9 Å². The number of rotatable bonds is 6. The van der Waals surface area contributed by atoms with Crippen LogP contribution in [0.25, 0.3) is 0 Å². The molecule has 1 N–H and O–H groups in total. The molecule has 0 aliphatic carbocycles. The van der Waals surface area contributed by atoms with Crippen LogP contribution in [0.1, 0.15) is 0 Å². The van der Waals surface area contributed by atoms with Crippen LogP contribution in [0.2, 0.25) is 0 Å². The standard InChI is InChI=1S/C11H11NO6/c1-7(11(13)14)6-18-10-5-8(17-2)3-4-9(10)12(15)16/h3-5H,1,6H2,2H3,(H,13,14). The Bertz CT molecular complexity index is 496. The topological polar surface area (TPSA) is 98.9 Å². The summed E-state index contributed by atoms with van der Waals surface area (Å²) in [5.74, 6) is -0.918. The Morgan fingerprint density at radius 2 is 2.22 bits per heavy atom. The van der Waals surface area contributed by atoms with Crippen molar-refractivity contribution in [1.82, 2.24) is 0 Å². The molecule has 0 radical (unpaired) electrons. The molecule has 0 aliphatic heterocycles. The van der Waals surface area contributed by atoms with Crippen LogP contribution >= 0.6 is 0 Å². The third-order valence-electron chi connectivity index (χ3n) is 2.07. The summed E-state index contributed by atoms with van der Waals surface area (Å²) < 4.78 is 9.96. The van der Waals surface area contributed by atoms with Gasteiger partial charge in [0.15, 0.2) is 0 Å². The highest BCUT2D eigenvalue weighted by molar-refractivity contribution is 5.86. The molecule has 0 atom stereocenters. The minimum absolute atomic E-state index is 0.0678. The Balaban J connectivity index is 2.94. The van der Waals surface area contributed by atoms with E-state index in [-0.39, 0.29) is 23.6 Å². The second-order valence-electron chi connectivity index (χ2n) is 3.29. The minimum atomic E-state index is -1.22. The quantitative estimate of drug-likeness (QED) is 0.470. The van der Waals surface area contributed by atoms with Crippen molar-refractivity contribution in [3.63, 3.8) is 0 Å². The van der Waals surface area contributed by atoms with Gasteiger partial charge >= 0.3 is 11.7 Å². The predicted octanol–water partition coefficient (Wildman–Crippen LogP) is 1.62. The molecule has 0 saturated carbocycles. The average Bonchev–Trinajstić information content (AvgIpc) is 2.34. The van der Waals surface area contributed by atoms with E-state index in [1.165, 1.54) is 25.3 Å². The third kappa shape index (κ3) is 3.21. The summed E-state index contributed by atoms with van der Waals surface area (Å²) in [6.07, 6.45) is 0. The van der Waals surface area contributed by atoms with Gasteiger partial charge in [0.25, 0.3) is 0 Å². The molecule has 0 aromatic heterocycles. The number of carboxylic acids is 1. The molecule has 0 aliphatic rings. The Hall–Kier alpha value is -2.57. The van der Waals surface area contributed by atoms with E-state index in [1.807, 2.05) is 0 Å². The summed E-state index contributed by atoms with van der Waals surface area (Å²) in [6, 6.07) is 3.95. The number of ether oxygens (including phenoxy) is 2. The molecular weight excluding hydrogens is 242 g/mol. The fourth-order valence-corrected chi connectivity index (χ4v) is 1.11. The number of aliphatic carboxylic acids is 1. The molecule has 0 unspecified atom stereocenters. The fourth-order valence-electron chi connectivity index (χ4n) is 1.11. The van der Waals surface area contributed by atoms with E-state index >= 15 is 0 Å². The van der Waals surface area contributed by atoms with E-state index in [9.17, 15) is 14.9 Å². The number of carbonyl (C=O) groups is 1. The molecule has 1 aromatic rings. The summed E-state index contributed by atoms with van der Waals surface area (Å²) >= 11 is 0. The lowest BCUT2D eigenvalue weighted by atomic mass is 10.2. The Morgan fingerprint density at radius 1 is 1.56 bits per heavy atom. The highest BCUT2D eigenvalue weighted by Crippen LogP contribution is 2.31. The Kier molecular flexibility index (Phi) is 4.25. The van der Waals surface area contributed by atoms with E-state index in [2.05, 4.69) is 6.58 Å². The van der Waals surface area contributed by atoms with E-state index in [0.717, 1.165) is 0 Å². The molecule has 0 saturated heterocycles. The molecular formula is C11H11NO6. The molecule has 0 fully saturated rings. The lowest BCUT2D eigenvalue weighted by Gasteiger charge is -2.08. The van der Waals surface area contributed by atoms with Gasteiger partial charge in [-0.05, 0) is 6.07 Å². The monoisotopic (exact) mass is 253 g/mol. The van der Waals surface area contributed by atoms with E-state index in [1.54, 1.807) is 0 Å². The molecule has 0 heterocycles. The predicted molar refractivity (Wildman–Crippen MR) is 61.9 cm³/mol. The van der Waals surface area contributed by atoms with Crippen LogP contribution in [-0.2, 0) is 4.79 Å². The summed E-state index contributed by atoms with van der Waals surface area (Å²) in [4.78, 5) is 20.6. The lowest BCUT2D eigenvalue weighted by Crippen LogP contribution is -2.09. The number of carboxylic acid groups (broad SMARTS) is 1. The number of hydrogen-bond donors (Lipinski definition) is 1. The van der Waals surface area contributed by atoms with Crippen LogP contribution in [0.4, 0.5) is 5.69 Å². The molecule has 96 valence electrons. The van der Waals surface area contributed by atoms with Gasteiger partial charge in [0.1, 0.15) is 12.4 Å². The lowest BCUT2D eigenvalue weighted by molar-refractivity contribution is -0.385. The highest BCUT2D eigenvalue weighted by Gasteiger charge is 2.17. The minimum Gasteiger partial charge on any atom is -0.497 e. The largest absolute Gasteiger partial charge is 0.497 e. The molecule has 0 bridgehead atoms. The van der Waals surface area contributed by atoms with Gasteiger partial charge in [-0.15, -0.1) is 0 Å². The number of hydrogen-bond acceptors (Lipinski definition) is 5. The Labute approximate surface area is 102 Å². The van der Waals surface area contributed by atoms with Crippen molar-refractivity contribution in [2.75, 3.05) is 13.7 Å². The number of nitro groups is 1. The molecule has 1 aromatic carbocycles. The van der Waals surface area contributed by atoms with Crippen molar-refractivity contribution >= 4 is 11.7 Å². The van der Waals surface area contributed by atoms with E-state index in [0.29, 0.717) is 5.75 Å². The van der Waals surface area contributed by atoms with Crippen LogP contribution in [0, 0.1) is 10.1 Å². The van der Waals surface area contributed by atoms with Crippen LogP contribution in [0.3, 0.4) is 0 Å². The Morgan fingerprint density at radius 3 is 2.72 bits per heavy atom. The molecule has 0 spiro atoms. The fraction of sp³-hybridized carbons (Fsp3) is 0.182. The summed E-state index contributed by atoms with van der Waals surface area (Å²) in [5, 5.41) is 19.3. The normalized spacial score (nSPS) is 9.61. The summed E-state index contributed by atoms with van der Waals surface area (Å²) in [5.41, 5.74) is -0.471. The smallest absolute Gasteiger partial charge is 0.334 e. The van der Waals surface area contributed by atoms with Crippen LogP contribution in [0.5, 0.6) is 11.5 Å². The molecule has 0 amide bonds.